The van der Waals surface area contributed by atoms with Crippen LogP contribution in [0.3, 0.4) is 0 Å². The van der Waals surface area contributed by atoms with E-state index in [0.717, 1.165) is 12.1 Å². The molecule has 192 valence electrons. The topological polar surface area (TPSA) is 81.1 Å². The molecule has 0 spiro atoms. The summed E-state index contributed by atoms with van der Waals surface area (Å²) < 4.78 is 84.2. The Hall–Kier alpha value is -3.05. The van der Waals surface area contributed by atoms with Gasteiger partial charge in [-0.25, -0.2) is 35.7 Å². The predicted molar refractivity (Wildman–Crippen MR) is 127 cm³/mol. The second-order valence-corrected chi connectivity index (χ2v) is 10.8. The zero-order chi connectivity index (χ0) is 26.2. The van der Waals surface area contributed by atoms with Crippen LogP contribution >= 0.6 is 0 Å². The summed E-state index contributed by atoms with van der Waals surface area (Å²) in [6, 6.07) is 4.28. The van der Waals surface area contributed by atoms with Gasteiger partial charge in [0.15, 0.2) is 0 Å². The van der Waals surface area contributed by atoms with Gasteiger partial charge in [0.05, 0.1) is 12.0 Å². The van der Waals surface area contributed by atoms with Gasteiger partial charge in [-0.15, -0.1) is 0 Å². The van der Waals surface area contributed by atoms with Crippen molar-refractivity contribution >= 4 is 10.0 Å². The van der Waals surface area contributed by atoms with Crippen LogP contribution in [0.25, 0.3) is 11.1 Å². The molecule has 1 heterocycles. The molecule has 6 nitrogen and oxygen atoms in total. The van der Waals surface area contributed by atoms with E-state index in [9.17, 15) is 26.4 Å². The van der Waals surface area contributed by atoms with Gasteiger partial charge in [-0.3, -0.25) is 9.36 Å². The average Bonchev–Trinajstić information content (AvgIpc) is 2.80. The Bertz CT molecular complexity index is 1440. The molecule has 0 aliphatic heterocycles. The van der Waals surface area contributed by atoms with Gasteiger partial charge in [0.25, 0.3) is 5.56 Å². The number of alkyl halides is 1. The van der Waals surface area contributed by atoms with Crippen molar-refractivity contribution in [3.63, 3.8) is 0 Å². The van der Waals surface area contributed by atoms with Crippen LogP contribution in [0, 0.1) is 17.5 Å². The number of halogens is 4. The van der Waals surface area contributed by atoms with E-state index in [-0.39, 0.29) is 53.1 Å². The fourth-order valence-corrected chi connectivity index (χ4v) is 5.51. The van der Waals surface area contributed by atoms with Crippen LogP contribution in [-0.4, -0.2) is 30.0 Å². The molecule has 4 rings (SSSR count). The van der Waals surface area contributed by atoms with Crippen LogP contribution in [0.5, 0.6) is 0 Å². The van der Waals surface area contributed by atoms with Crippen molar-refractivity contribution in [3.8, 4) is 11.1 Å². The third-order valence-corrected chi connectivity index (χ3v) is 7.33. The average molecular weight is 524 g/mol. The third-order valence-electron chi connectivity index (χ3n) is 6.39. The van der Waals surface area contributed by atoms with E-state index in [1.54, 1.807) is 13.8 Å². The van der Waals surface area contributed by atoms with E-state index in [1.165, 1.54) is 29.1 Å². The molecule has 0 saturated carbocycles. The maximum absolute atomic E-state index is 15.6. The molecule has 1 aromatic heterocycles. The summed E-state index contributed by atoms with van der Waals surface area (Å²) in [5, 5.41) is 0. The van der Waals surface area contributed by atoms with Gasteiger partial charge in [0.2, 0.25) is 16.0 Å². The summed E-state index contributed by atoms with van der Waals surface area (Å²) in [6.07, 6.45) is 1.81. The summed E-state index contributed by atoms with van der Waals surface area (Å²) >= 11 is 0. The van der Waals surface area contributed by atoms with Crippen LogP contribution in [0.4, 0.5) is 17.6 Å². The van der Waals surface area contributed by atoms with Gasteiger partial charge in [-0.2, -0.15) is 0 Å². The van der Waals surface area contributed by atoms with Crippen LogP contribution < -0.4 is 10.3 Å². The van der Waals surface area contributed by atoms with Crippen molar-refractivity contribution < 1.29 is 26.0 Å². The molecular formula is C25H25F4N3O3S. The first-order valence-electron chi connectivity index (χ1n) is 11.4. The molecule has 3 aromatic rings. The first kappa shape index (κ1) is 26.0. The summed E-state index contributed by atoms with van der Waals surface area (Å²) in [6.45, 7) is 3.58. The zero-order valence-electron chi connectivity index (χ0n) is 19.6. The summed E-state index contributed by atoms with van der Waals surface area (Å²) in [7, 11) is -4.28. The highest BCUT2D eigenvalue weighted by Gasteiger charge is 2.36. The molecule has 1 aliphatic carbocycles. The van der Waals surface area contributed by atoms with E-state index in [4.69, 9.17) is 0 Å². The Morgan fingerprint density at radius 3 is 2.47 bits per heavy atom. The minimum absolute atomic E-state index is 0.00518. The van der Waals surface area contributed by atoms with Crippen molar-refractivity contribution in [2.24, 2.45) is 0 Å². The van der Waals surface area contributed by atoms with Gasteiger partial charge in [-0.1, -0.05) is 18.2 Å². The number of nitrogens with zero attached hydrogens (tertiary/aromatic N) is 2. The smallest absolute Gasteiger partial charge is 0.257 e. The second kappa shape index (κ2) is 10.1. The van der Waals surface area contributed by atoms with Gasteiger partial charge in [0, 0.05) is 35.2 Å². The van der Waals surface area contributed by atoms with Crippen molar-refractivity contribution in [3.05, 3.63) is 87.4 Å². The first-order chi connectivity index (χ1) is 17.0. The van der Waals surface area contributed by atoms with Crippen LogP contribution in [0.1, 0.15) is 49.0 Å². The number of benzene rings is 2. The quantitative estimate of drug-likeness (QED) is 0.466. The lowest BCUT2D eigenvalue weighted by molar-refractivity contribution is 0.404. The highest BCUT2D eigenvalue weighted by molar-refractivity contribution is 7.89. The maximum atomic E-state index is 15.6. The Balaban J connectivity index is 1.83. The number of hydrogen-bond donors (Lipinski definition) is 1. The Morgan fingerprint density at radius 1 is 1.14 bits per heavy atom. The predicted octanol–water partition coefficient (Wildman–Crippen LogP) is 4.40. The maximum Gasteiger partial charge on any atom is 0.257 e. The highest BCUT2D eigenvalue weighted by atomic mass is 32.2. The van der Waals surface area contributed by atoms with Gasteiger partial charge in [0.1, 0.15) is 17.5 Å². The summed E-state index contributed by atoms with van der Waals surface area (Å²) in [5.74, 6) is -3.33. The molecular weight excluding hydrogens is 498 g/mol. The van der Waals surface area contributed by atoms with Gasteiger partial charge in [-0.05, 0) is 56.4 Å². The van der Waals surface area contributed by atoms with E-state index in [2.05, 4.69) is 9.71 Å². The van der Waals surface area contributed by atoms with E-state index in [0.29, 0.717) is 11.8 Å². The molecule has 0 unspecified atom stereocenters. The first-order valence-corrected chi connectivity index (χ1v) is 13.1. The fourth-order valence-electron chi connectivity index (χ4n) is 4.70. The Labute approximate surface area is 206 Å². The largest absolute Gasteiger partial charge is 0.296 e. The highest BCUT2D eigenvalue weighted by Crippen LogP contribution is 2.35. The molecule has 0 amide bonds. The summed E-state index contributed by atoms with van der Waals surface area (Å²) in [5.41, 5.74) is 0.390. The number of aryl methyl sites for hydroxylation is 1. The van der Waals surface area contributed by atoms with Crippen molar-refractivity contribution in [1.29, 1.82) is 0 Å². The third kappa shape index (κ3) is 5.22. The normalized spacial score (nSPS) is 17.9. The fraction of sp³-hybridized carbons (Fsp3) is 0.360. The van der Waals surface area contributed by atoms with Crippen molar-refractivity contribution in [1.82, 2.24) is 14.3 Å². The number of fused-ring (bicyclic) bond motifs is 1. The van der Waals surface area contributed by atoms with Gasteiger partial charge >= 0.3 is 0 Å². The van der Waals surface area contributed by atoms with E-state index >= 15 is 4.39 Å². The van der Waals surface area contributed by atoms with Crippen molar-refractivity contribution in [2.45, 2.75) is 51.1 Å². The molecule has 11 heteroatoms. The molecule has 36 heavy (non-hydrogen) atoms. The molecule has 0 saturated heterocycles. The number of rotatable bonds is 7. The molecule has 2 atom stereocenters. The molecule has 0 bridgehead atoms. The Kier molecular flexibility index (Phi) is 7.33. The molecule has 1 aliphatic rings. The van der Waals surface area contributed by atoms with Crippen LogP contribution in [0.15, 0.2) is 47.5 Å². The number of nitrogens with one attached hydrogen (secondary N) is 1. The van der Waals surface area contributed by atoms with Gasteiger partial charge < -0.3 is 0 Å². The molecule has 0 radical (unpaired) electrons. The van der Waals surface area contributed by atoms with Crippen molar-refractivity contribution in [2.75, 3.05) is 6.01 Å². The lowest BCUT2D eigenvalue weighted by Gasteiger charge is -2.33. The molecule has 1 N–H and O–H groups in total. The molecule has 0 fully saturated rings. The monoisotopic (exact) mass is 523 g/mol. The number of hydrogen-bond acceptors (Lipinski definition) is 4. The Morgan fingerprint density at radius 2 is 1.83 bits per heavy atom. The van der Waals surface area contributed by atoms with Crippen LogP contribution in [0.2, 0.25) is 0 Å². The minimum atomic E-state index is -4.28. The van der Waals surface area contributed by atoms with E-state index in [1.807, 2.05) is 0 Å². The minimum Gasteiger partial charge on any atom is -0.296 e. The lowest BCUT2D eigenvalue weighted by Crippen LogP contribution is -2.46. The molecule has 2 aromatic carbocycles. The second-order valence-electron chi connectivity index (χ2n) is 9.15. The number of aromatic nitrogens is 2. The number of sulfonamides is 1. The summed E-state index contributed by atoms with van der Waals surface area (Å²) in [4.78, 5) is 17.8. The standard InChI is InChI=1S/C25H25F4N3O3S/c1-14(2)32-13-30-22-7-6-21(31-36(34,35)12-26)20(23(22)25(32)33)10-15-4-3-5-19(24(15)29)16-8-17(27)11-18(28)9-16/h3-5,8-9,11,13-14,20-21,31H,6-7,10,12H2,1-2H3/t20-,21-/m0/s1. The van der Waals surface area contributed by atoms with Crippen LogP contribution in [-0.2, 0) is 22.9 Å². The SMILES string of the molecule is CC(C)n1cnc2c(c1=O)[C@@H](Cc1cccc(-c3cc(F)cc(F)c3)c1F)[C@@H](NS(=O)(=O)CF)CC2. The lowest BCUT2D eigenvalue weighted by atomic mass is 9.78. The zero-order valence-corrected chi connectivity index (χ0v) is 20.5. The van der Waals surface area contributed by atoms with E-state index < -0.39 is 45.4 Å².